The standard InChI is InChI=1S/C58H36N4S/c1-4-15-37(16-5-1)40-21-12-24-44(33-40)56-60-57(45-25-13-22-41(34-45)38-17-6-2-7-18-38)62-58(61-56)46-26-14-23-42(35-46)43-29-32-52-50(36-43)47-30-31-49-53(55(47)63-52)48-27-10-11-28-51(48)59-54(49)39-19-8-3-9-20-39/h1-36H. The lowest BCUT2D eigenvalue weighted by Crippen LogP contribution is -2.00. The molecule has 9 aromatic carbocycles. The van der Waals surface area contributed by atoms with Crippen molar-refractivity contribution in [3.63, 3.8) is 0 Å². The predicted octanol–water partition coefficient (Wildman–Crippen LogP) is 15.6. The minimum atomic E-state index is 0.621. The van der Waals surface area contributed by atoms with Crippen molar-refractivity contribution in [2.24, 2.45) is 0 Å². The highest BCUT2D eigenvalue weighted by atomic mass is 32.1. The van der Waals surface area contributed by atoms with Crippen LogP contribution in [-0.4, -0.2) is 19.9 Å². The van der Waals surface area contributed by atoms with Gasteiger partial charge in [-0.1, -0.05) is 182 Å². The topological polar surface area (TPSA) is 51.6 Å². The van der Waals surface area contributed by atoms with Crippen molar-refractivity contribution in [1.82, 2.24) is 19.9 Å². The molecule has 3 aromatic heterocycles. The fraction of sp³-hybridized carbons (Fsp3) is 0. The van der Waals surface area contributed by atoms with Crippen molar-refractivity contribution < 1.29 is 0 Å². The summed E-state index contributed by atoms with van der Waals surface area (Å²) >= 11 is 1.86. The van der Waals surface area contributed by atoms with E-state index in [9.17, 15) is 0 Å². The first-order valence-corrected chi connectivity index (χ1v) is 21.9. The molecule has 0 spiro atoms. The summed E-state index contributed by atoms with van der Waals surface area (Å²) in [7, 11) is 0. The summed E-state index contributed by atoms with van der Waals surface area (Å²) in [6.45, 7) is 0. The Hall–Kier alpha value is -8.12. The van der Waals surface area contributed by atoms with Gasteiger partial charge in [-0.3, -0.25) is 0 Å². The minimum absolute atomic E-state index is 0.621. The summed E-state index contributed by atoms with van der Waals surface area (Å²) in [5.74, 6) is 1.87. The van der Waals surface area contributed by atoms with Crippen LogP contribution in [0.1, 0.15) is 0 Å². The van der Waals surface area contributed by atoms with E-state index in [0.717, 1.165) is 66.8 Å². The van der Waals surface area contributed by atoms with Crippen LogP contribution in [0, 0.1) is 0 Å². The second kappa shape index (κ2) is 15.4. The molecule has 0 aliphatic rings. The largest absolute Gasteiger partial charge is 0.247 e. The molecule has 0 saturated heterocycles. The van der Waals surface area contributed by atoms with Crippen molar-refractivity contribution in [3.8, 4) is 78.8 Å². The van der Waals surface area contributed by atoms with E-state index in [1.165, 1.54) is 36.3 Å². The van der Waals surface area contributed by atoms with Crippen LogP contribution in [0.4, 0.5) is 0 Å². The molecule has 0 N–H and O–H groups in total. The Morgan fingerprint density at radius 3 is 1.29 bits per heavy atom. The average Bonchev–Trinajstić information content (AvgIpc) is 3.75. The van der Waals surface area contributed by atoms with Crippen LogP contribution in [0.5, 0.6) is 0 Å². The zero-order valence-electron chi connectivity index (χ0n) is 34.0. The number of nitrogens with zero attached hydrogens (tertiary/aromatic N) is 4. The van der Waals surface area contributed by atoms with Gasteiger partial charge in [0.15, 0.2) is 17.5 Å². The summed E-state index contributed by atoms with van der Waals surface area (Å²) in [5.41, 5.74) is 12.6. The normalized spacial score (nSPS) is 11.5. The van der Waals surface area contributed by atoms with Gasteiger partial charge in [0.25, 0.3) is 0 Å². The molecule has 63 heavy (non-hydrogen) atoms. The van der Waals surface area contributed by atoms with E-state index in [-0.39, 0.29) is 0 Å². The number of thiophene rings is 1. The first-order chi connectivity index (χ1) is 31.2. The summed E-state index contributed by atoms with van der Waals surface area (Å²) in [6.07, 6.45) is 0. The van der Waals surface area contributed by atoms with E-state index in [2.05, 4.69) is 206 Å². The Morgan fingerprint density at radius 1 is 0.270 bits per heavy atom. The smallest absolute Gasteiger partial charge is 0.164 e. The third-order valence-corrected chi connectivity index (χ3v) is 13.1. The molecule has 294 valence electrons. The number of fused-ring (bicyclic) bond motifs is 7. The Morgan fingerprint density at radius 2 is 0.714 bits per heavy atom. The van der Waals surface area contributed by atoms with Gasteiger partial charge in [0, 0.05) is 58.6 Å². The van der Waals surface area contributed by atoms with Gasteiger partial charge in [0.2, 0.25) is 0 Å². The van der Waals surface area contributed by atoms with Gasteiger partial charge in [-0.05, 0) is 69.8 Å². The Balaban J connectivity index is 0.989. The molecule has 0 aliphatic carbocycles. The van der Waals surface area contributed by atoms with E-state index >= 15 is 0 Å². The molecule has 0 unspecified atom stereocenters. The first kappa shape index (κ1) is 36.7. The maximum Gasteiger partial charge on any atom is 0.164 e. The lowest BCUT2D eigenvalue weighted by Gasteiger charge is -2.11. The molecule has 0 atom stereocenters. The maximum absolute atomic E-state index is 5.19. The van der Waals surface area contributed by atoms with E-state index in [1.807, 2.05) is 23.5 Å². The summed E-state index contributed by atoms with van der Waals surface area (Å²) < 4.78 is 2.53. The SMILES string of the molecule is c1ccc(-c2cccc(-c3nc(-c4cccc(-c5ccccc5)c4)nc(-c4cccc(-c5ccc6sc7c(ccc8c(-c9ccccc9)nc9ccccc9c87)c6c5)c4)n3)c2)cc1. The van der Waals surface area contributed by atoms with Crippen molar-refractivity contribution in [3.05, 3.63) is 218 Å². The molecule has 0 radical (unpaired) electrons. The molecular weight excluding hydrogens is 785 g/mol. The van der Waals surface area contributed by atoms with Gasteiger partial charge >= 0.3 is 0 Å². The molecule has 0 amide bonds. The van der Waals surface area contributed by atoms with Crippen molar-refractivity contribution in [2.45, 2.75) is 0 Å². The molecule has 12 rings (SSSR count). The fourth-order valence-electron chi connectivity index (χ4n) is 8.80. The van der Waals surface area contributed by atoms with Crippen LogP contribution in [0.3, 0.4) is 0 Å². The molecular formula is C58H36N4S. The predicted molar refractivity (Wildman–Crippen MR) is 264 cm³/mol. The molecule has 0 bridgehead atoms. The van der Waals surface area contributed by atoms with Gasteiger partial charge in [-0.2, -0.15) is 0 Å². The fourth-order valence-corrected chi connectivity index (χ4v) is 10.0. The molecule has 4 nitrogen and oxygen atoms in total. The van der Waals surface area contributed by atoms with Crippen molar-refractivity contribution >= 4 is 53.2 Å². The summed E-state index contributed by atoms with van der Waals surface area (Å²) in [4.78, 5) is 20.7. The quantitative estimate of drug-likeness (QED) is 0.150. The third-order valence-electron chi connectivity index (χ3n) is 11.9. The van der Waals surface area contributed by atoms with Crippen LogP contribution in [-0.2, 0) is 0 Å². The van der Waals surface area contributed by atoms with Crippen LogP contribution >= 0.6 is 11.3 Å². The van der Waals surface area contributed by atoms with Gasteiger partial charge < -0.3 is 0 Å². The average molecular weight is 821 g/mol. The molecule has 5 heteroatoms. The van der Waals surface area contributed by atoms with E-state index < -0.39 is 0 Å². The zero-order valence-corrected chi connectivity index (χ0v) is 34.8. The second-order valence-corrected chi connectivity index (χ2v) is 16.9. The number of aromatic nitrogens is 4. The number of rotatable bonds is 7. The molecule has 0 aliphatic heterocycles. The van der Waals surface area contributed by atoms with Crippen LogP contribution in [0.2, 0.25) is 0 Å². The Kier molecular flexibility index (Phi) is 8.98. The first-order valence-electron chi connectivity index (χ1n) is 21.1. The highest BCUT2D eigenvalue weighted by Crippen LogP contribution is 2.44. The van der Waals surface area contributed by atoms with Gasteiger partial charge in [-0.25, -0.2) is 19.9 Å². The lowest BCUT2D eigenvalue weighted by molar-refractivity contribution is 1.07. The summed E-state index contributed by atoms with van der Waals surface area (Å²) in [5, 5.41) is 6.08. The van der Waals surface area contributed by atoms with E-state index in [1.54, 1.807) is 0 Å². The van der Waals surface area contributed by atoms with Crippen molar-refractivity contribution in [1.29, 1.82) is 0 Å². The maximum atomic E-state index is 5.19. The number of para-hydroxylation sites is 1. The van der Waals surface area contributed by atoms with Crippen LogP contribution in [0.15, 0.2) is 218 Å². The molecule has 12 aromatic rings. The number of hydrogen-bond donors (Lipinski definition) is 0. The highest BCUT2D eigenvalue weighted by Gasteiger charge is 2.18. The van der Waals surface area contributed by atoms with Gasteiger partial charge in [-0.15, -0.1) is 11.3 Å². The van der Waals surface area contributed by atoms with Gasteiger partial charge in [0.05, 0.1) is 11.2 Å². The number of benzene rings is 9. The van der Waals surface area contributed by atoms with Crippen LogP contribution < -0.4 is 0 Å². The minimum Gasteiger partial charge on any atom is -0.247 e. The molecule has 0 fully saturated rings. The van der Waals surface area contributed by atoms with E-state index in [4.69, 9.17) is 19.9 Å². The lowest BCUT2D eigenvalue weighted by atomic mass is 9.97. The van der Waals surface area contributed by atoms with Crippen LogP contribution in [0.25, 0.3) is 121 Å². The molecule has 3 heterocycles. The molecule has 0 saturated carbocycles. The Labute approximate surface area is 368 Å². The third kappa shape index (κ3) is 6.72. The highest BCUT2D eigenvalue weighted by molar-refractivity contribution is 7.26. The van der Waals surface area contributed by atoms with Gasteiger partial charge in [0.1, 0.15) is 0 Å². The number of hydrogen-bond acceptors (Lipinski definition) is 5. The van der Waals surface area contributed by atoms with E-state index in [0.29, 0.717) is 17.5 Å². The summed E-state index contributed by atoms with van der Waals surface area (Å²) in [6, 6.07) is 76.8. The Bertz CT molecular complexity index is 3570. The zero-order chi connectivity index (χ0) is 41.7. The second-order valence-electron chi connectivity index (χ2n) is 15.8. The van der Waals surface area contributed by atoms with Crippen molar-refractivity contribution in [2.75, 3.05) is 0 Å². The monoisotopic (exact) mass is 820 g/mol. The number of pyridine rings is 1.